The molecule has 3 aromatic rings. The first kappa shape index (κ1) is 14.1. The van der Waals surface area contributed by atoms with Gasteiger partial charge in [-0.1, -0.05) is 41.9 Å². The van der Waals surface area contributed by atoms with Crippen molar-refractivity contribution in [2.75, 3.05) is 5.32 Å². The van der Waals surface area contributed by atoms with E-state index in [1.165, 1.54) is 16.0 Å². The minimum Gasteiger partial charge on any atom is -0.379 e. The fourth-order valence-corrected chi connectivity index (χ4v) is 3.18. The van der Waals surface area contributed by atoms with Crippen LogP contribution in [0.4, 0.5) is 5.69 Å². The predicted octanol–water partition coefficient (Wildman–Crippen LogP) is 5.38. The molecule has 0 radical (unpaired) electrons. The molecule has 106 valence electrons. The Morgan fingerprint density at radius 1 is 1.10 bits per heavy atom. The maximum absolute atomic E-state index is 5.87. The van der Waals surface area contributed by atoms with E-state index in [-0.39, 0.29) is 0 Å². The van der Waals surface area contributed by atoms with Gasteiger partial charge < -0.3 is 5.32 Å². The number of anilines is 1. The molecule has 2 heterocycles. The van der Waals surface area contributed by atoms with Gasteiger partial charge >= 0.3 is 0 Å². The summed E-state index contributed by atoms with van der Waals surface area (Å²) in [6.07, 6.45) is 0. The summed E-state index contributed by atoms with van der Waals surface area (Å²) in [5, 5.41) is 6.13. The average Bonchev–Trinajstić information content (AvgIpc) is 2.96. The number of halogens is 1. The lowest BCUT2D eigenvalue weighted by Crippen LogP contribution is -2.00. The van der Waals surface area contributed by atoms with Crippen LogP contribution in [0.2, 0.25) is 5.15 Å². The Balaban J connectivity index is 1.70. The SMILES string of the molecule is Cc1nc(Cl)ccc1NCc1cc(-c2ccccc2)cs1. The van der Waals surface area contributed by atoms with Crippen LogP contribution in [0.15, 0.2) is 53.9 Å². The number of rotatable bonds is 4. The Morgan fingerprint density at radius 3 is 2.67 bits per heavy atom. The minimum absolute atomic E-state index is 0.528. The molecule has 0 amide bonds. The van der Waals surface area contributed by atoms with Crippen LogP contribution in [0.25, 0.3) is 11.1 Å². The van der Waals surface area contributed by atoms with E-state index in [0.717, 1.165) is 17.9 Å². The third kappa shape index (κ3) is 3.43. The lowest BCUT2D eigenvalue weighted by molar-refractivity contribution is 1.13. The third-order valence-corrected chi connectivity index (χ3v) is 4.41. The standard InChI is InChI=1S/C17H15ClN2S/c1-12-16(7-8-17(18)20-12)19-10-15-9-14(11-21-15)13-5-3-2-4-6-13/h2-9,11,19H,10H2,1H3. The summed E-state index contributed by atoms with van der Waals surface area (Å²) in [5.74, 6) is 0. The molecule has 0 saturated carbocycles. The van der Waals surface area contributed by atoms with Gasteiger partial charge in [-0.3, -0.25) is 0 Å². The van der Waals surface area contributed by atoms with Gasteiger partial charge in [0.2, 0.25) is 0 Å². The van der Waals surface area contributed by atoms with E-state index in [0.29, 0.717) is 5.15 Å². The number of aryl methyl sites for hydroxylation is 1. The van der Waals surface area contributed by atoms with Crippen molar-refractivity contribution in [1.29, 1.82) is 0 Å². The molecule has 0 aliphatic rings. The lowest BCUT2D eigenvalue weighted by Gasteiger charge is -2.07. The predicted molar refractivity (Wildman–Crippen MR) is 91.1 cm³/mol. The van der Waals surface area contributed by atoms with Gasteiger partial charge in [-0.05, 0) is 41.6 Å². The van der Waals surface area contributed by atoms with Crippen LogP contribution in [-0.4, -0.2) is 4.98 Å². The van der Waals surface area contributed by atoms with E-state index in [4.69, 9.17) is 11.6 Å². The fraction of sp³-hybridized carbons (Fsp3) is 0.118. The summed E-state index contributed by atoms with van der Waals surface area (Å²) >= 11 is 7.63. The van der Waals surface area contributed by atoms with Crippen molar-refractivity contribution in [3.05, 3.63) is 69.6 Å². The summed E-state index contributed by atoms with van der Waals surface area (Å²) in [6.45, 7) is 2.75. The van der Waals surface area contributed by atoms with Crippen LogP contribution in [0.3, 0.4) is 0 Å². The van der Waals surface area contributed by atoms with Gasteiger partial charge in [0.25, 0.3) is 0 Å². The summed E-state index contributed by atoms with van der Waals surface area (Å²) in [6, 6.07) is 16.4. The Kier molecular flexibility index (Phi) is 4.23. The first-order valence-electron chi connectivity index (χ1n) is 6.72. The second-order valence-electron chi connectivity index (χ2n) is 4.79. The molecule has 0 unspecified atom stereocenters. The zero-order valence-electron chi connectivity index (χ0n) is 11.6. The Labute approximate surface area is 133 Å². The van der Waals surface area contributed by atoms with Gasteiger partial charge in [0, 0.05) is 11.4 Å². The van der Waals surface area contributed by atoms with Crippen molar-refractivity contribution in [2.45, 2.75) is 13.5 Å². The van der Waals surface area contributed by atoms with Gasteiger partial charge in [0.05, 0.1) is 11.4 Å². The van der Waals surface area contributed by atoms with Crippen LogP contribution >= 0.6 is 22.9 Å². The normalized spacial score (nSPS) is 10.6. The summed E-state index contributed by atoms with van der Waals surface area (Å²) in [4.78, 5) is 5.54. The monoisotopic (exact) mass is 314 g/mol. The van der Waals surface area contributed by atoms with Crippen molar-refractivity contribution >= 4 is 28.6 Å². The molecule has 2 nitrogen and oxygen atoms in total. The van der Waals surface area contributed by atoms with Gasteiger partial charge in [0.15, 0.2) is 0 Å². The highest BCUT2D eigenvalue weighted by Crippen LogP contribution is 2.26. The van der Waals surface area contributed by atoms with Crippen LogP contribution in [-0.2, 0) is 6.54 Å². The second-order valence-corrected chi connectivity index (χ2v) is 6.17. The highest BCUT2D eigenvalue weighted by Gasteiger charge is 2.04. The number of nitrogens with one attached hydrogen (secondary N) is 1. The number of pyridine rings is 1. The summed E-state index contributed by atoms with van der Waals surface area (Å²) in [7, 11) is 0. The summed E-state index contributed by atoms with van der Waals surface area (Å²) < 4.78 is 0. The van der Waals surface area contributed by atoms with Crippen LogP contribution < -0.4 is 5.32 Å². The molecule has 0 aliphatic carbocycles. The number of benzene rings is 1. The molecule has 0 bridgehead atoms. The third-order valence-electron chi connectivity index (χ3n) is 3.27. The number of thiophene rings is 1. The zero-order chi connectivity index (χ0) is 14.7. The molecule has 0 aliphatic heterocycles. The minimum atomic E-state index is 0.528. The van der Waals surface area contributed by atoms with E-state index in [2.05, 4.69) is 46.0 Å². The molecule has 0 saturated heterocycles. The molecule has 2 aromatic heterocycles. The maximum atomic E-state index is 5.87. The van der Waals surface area contributed by atoms with Gasteiger partial charge in [-0.15, -0.1) is 11.3 Å². The molecular formula is C17H15ClN2S. The molecule has 3 rings (SSSR count). The Morgan fingerprint density at radius 2 is 1.90 bits per heavy atom. The molecule has 4 heteroatoms. The Hall–Kier alpha value is -1.84. The molecule has 0 spiro atoms. The smallest absolute Gasteiger partial charge is 0.129 e. The van der Waals surface area contributed by atoms with E-state index in [9.17, 15) is 0 Å². The molecule has 0 atom stereocenters. The molecular weight excluding hydrogens is 300 g/mol. The number of nitrogens with zero attached hydrogens (tertiary/aromatic N) is 1. The first-order chi connectivity index (χ1) is 10.2. The van der Waals surface area contributed by atoms with E-state index in [1.54, 1.807) is 17.4 Å². The van der Waals surface area contributed by atoms with Crippen molar-refractivity contribution in [3.63, 3.8) is 0 Å². The molecule has 21 heavy (non-hydrogen) atoms. The highest BCUT2D eigenvalue weighted by molar-refractivity contribution is 7.10. The Bertz CT molecular complexity index is 738. The van der Waals surface area contributed by atoms with Crippen molar-refractivity contribution in [3.8, 4) is 11.1 Å². The number of hydrogen-bond donors (Lipinski definition) is 1. The van der Waals surface area contributed by atoms with E-state index >= 15 is 0 Å². The fourth-order valence-electron chi connectivity index (χ4n) is 2.15. The largest absolute Gasteiger partial charge is 0.379 e. The van der Waals surface area contributed by atoms with Gasteiger partial charge in [0.1, 0.15) is 5.15 Å². The summed E-state index contributed by atoms with van der Waals surface area (Å²) in [5.41, 5.74) is 4.46. The van der Waals surface area contributed by atoms with Gasteiger partial charge in [-0.25, -0.2) is 4.98 Å². The first-order valence-corrected chi connectivity index (χ1v) is 7.98. The van der Waals surface area contributed by atoms with Crippen LogP contribution in [0.1, 0.15) is 10.6 Å². The van der Waals surface area contributed by atoms with Gasteiger partial charge in [-0.2, -0.15) is 0 Å². The van der Waals surface area contributed by atoms with Crippen molar-refractivity contribution in [1.82, 2.24) is 4.98 Å². The molecule has 1 N–H and O–H groups in total. The topological polar surface area (TPSA) is 24.9 Å². The molecule has 1 aromatic carbocycles. The highest BCUT2D eigenvalue weighted by atomic mass is 35.5. The zero-order valence-corrected chi connectivity index (χ0v) is 13.2. The lowest BCUT2D eigenvalue weighted by atomic mass is 10.1. The number of hydrogen-bond acceptors (Lipinski definition) is 3. The van der Waals surface area contributed by atoms with Crippen molar-refractivity contribution < 1.29 is 0 Å². The van der Waals surface area contributed by atoms with Crippen LogP contribution in [0.5, 0.6) is 0 Å². The quantitative estimate of drug-likeness (QED) is 0.654. The average molecular weight is 315 g/mol. The van der Waals surface area contributed by atoms with Crippen LogP contribution in [0, 0.1) is 6.92 Å². The number of aromatic nitrogens is 1. The maximum Gasteiger partial charge on any atom is 0.129 e. The van der Waals surface area contributed by atoms with E-state index < -0.39 is 0 Å². The second kappa shape index (κ2) is 6.29. The van der Waals surface area contributed by atoms with Crippen molar-refractivity contribution in [2.24, 2.45) is 0 Å². The molecule has 0 fully saturated rings. The van der Waals surface area contributed by atoms with E-state index in [1.807, 2.05) is 19.1 Å².